The number of carbonyl (C=O) groups is 2. The summed E-state index contributed by atoms with van der Waals surface area (Å²) in [6.07, 6.45) is 1.31. The Morgan fingerprint density at radius 2 is 1.54 bits per heavy atom. The highest BCUT2D eigenvalue weighted by Crippen LogP contribution is 2.44. The van der Waals surface area contributed by atoms with Crippen LogP contribution >= 0.6 is 0 Å². The maximum absolute atomic E-state index is 13.6. The van der Waals surface area contributed by atoms with Crippen LogP contribution in [-0.4, -0.2) is 86.9 Å². The molecule has 1 saturated carbocycles. The number of hydrogen-bond acceptors (Lipinski definition) is 4. The summed E-state index contributed by atoms with van der Waals surface area (Å²) in [5.41, 5.74) is 1.13. The summed E-state index contributed by atoms with van der Waals surface area (Å²) in [7, 11) is 0. The third kappa shape index (κ3) is 5.13. The molecule has 2 atom stereocenters. The highest BCUT2D eigenvalue weighted by molar-refractivity contribution is 5.95. The minimum atomic E-state index is -4.43. The average molecular weight is 546 g/mol. The number of halogens is 3. The van der Waals surface area contributed by atoms with Crippen molar-refractivity contribution >= 4 is 11.9 Å². The molecule has 0 radical (unpaired) electrons. The zero-order valence-corrected chi connectivity index (χ0v) is 21.8. The van der Waals surface area contributed by atoms with Gasteiger partial charge in [-0.15, -0.1) is 0 Å². The molecule has 0 bridgehead atoms. The fourth-order valence-electron chi connectivity index (χ4n) is 6.49. The van der Waals surface area contributed by atoms with Gasteiger partial charge in [-0.3, -0.25) is 9.48 Å². The SMILES string of the molecule is O=C(c1cnn(C2CCN(C(=O)N3CC[C@@H](O)C3)CC2)c1C1CC1)N1CC[C@@H](c2ccccc2C(F)(F)F)C1. The van der Waals surface area contributed by atoms with Crippen LogP contribution in [0.3, 0.4) is 0 Å². The molecule has 3 saturated heterocycles. The third-order valence-corrected chi connectivity index (χ3v) is 8.72. The Balaban J connectivity index is 1.14. The molecule has 4 heterocycles. The molecule has 2 aromatic rings. The molecule has 0 unspecified atom stereocenters. The number of rotatable bonds is 4. The van der Waals surface area contributed by atoms with E-state index >= 15 is 0 Å². The molecular formula is C28H34F3N5O3. The van der Waals surface area contributed by atoms with Crippen LogP contribution in [0.1, 0.15) is 83.6 Å². The number of piperidine rings is 1. The predicted molar refractivity (Wildman–Crippen MR) is 136 cm³/mol. The van der Waals surface area contributed by atoms with E-state index in [1.54, 1.807) is 22.1 Å². The lowest BCUT2D eigenvalue weighted by atomic mass is 9.93. The number of benzene rings is 1. The van der Waals surface area contributed by atoms with Crippen LogP contribution in [0.2, 0.25) is 0 Å². The van der Waals surface area contributed by atoms with E-state index in [2.05, 4.69) is 5.10 Å². The highest BCUT2D eigenvalue weighted by Gasteiger charge is 2.40. The minimum absolute atomic E-state index is 0.0283. The summed E-state index contributed by atoms with van der Waals surface area (Å²) in [5, 5.41) is 14.4. The molecular weight excluding hydrogens is 511 g/mol. The van der Waals surface area contributed by atoms with Crippen molar-refractivity contribution in [2.75, 3.05) is 39.3 Å². The van der Waals surface area contributed by atoms with E-state index in [4.69, 9.17) is 0 Å². The van der Waals surface area contributed by atoms with E-state index < -0.39 is 17.8 Å². The van der Waals surface area contributed by atoms with Crippen molar-refractivity contribution in [3.8, 4) is 0 Å². The summed E-state index contributed by atoms with van der Waals surface area (Å²) in [5.74, 6) is -0.248. The first kappa shape index (κ1) is 26.2. The first-order valence-corrected chi connectivity index (χ1v) is 14.0. The molecule has 0 spiro atoms. The van der Waals surface area contributed by atoms with Crippen LogP contribution in [0.4, 0.5) is 18.0 Å². The van der Waals surface area contributed by atoms with Gasteiger partial charge >= 0.3 is 12.2 Å². The normalized spacial score (nSPS) is 24.6. The Morgan fingerprint density at radius 1 is 0.846 bits per heavy atom. The lowest BCUT2D eigenvalue weighted by Gasteiger charge is -2.35. The zero-order valence-electron chi connectivity index (χ0n) is 21.8. The smallest absolute Gasteiger partial charge is 0.391 e. The van der Waals surface area contributed by atoms with E-state index in [0.29, 0.717) is 51.1 Å². The van der Waals surface area contributed by atoms with E-state index in [1.165, 1.54) is 12.1 Å². The summed E-state index contributed by atoms with van der Waals surface area (Å²) in [6.45, 7) is 2.82. The molecule has 1 N–H and O–H groups in total. The van der Waals surface area contributed by atoms with Crippen LogP contribution in [-0.2, 0) is 6.18 Å². The Bertz CT molecular complexity index is 1240. The van der Waals surface area contributed by atoms with Crippen molar-refractivity contribution in [2.24, 2.45) is 0 Å². The molecule has 3 amide bonds. The van der Waals surface area contributed by atoms with Gasteiger partial charge < -0.3 is 19.8 Å². The number of carbonyl (C=O) groups excluding carboxylic acids is 2. The van der Waals surface area contributed by atoms with E-state index in [-0.39, 0.29) is 41.9 Å². The number of β-amino-alcohol motifs (C(OH)–C–C–N with tert-alkyl or cyclic N) is 1. The standard InChI is InChI=1S/C28H34F3N5O3/c29-28(30,31)24-4-2-1-3-22(24)19-7-11-34(16-19)26(38)23-15-32-36(25(23)18-5-6-18)20-8-12-33(13-9-20)27(39)35-14-10-21(37)17-35/h1-4,15,18-21,37H,5-14,16-17H2/t19-,21-/m1/s1. The summed E-state index contributed by atoms with van der Waals surface area (Å²) >= 11 is 0. The van der Waals surface area contributed by atoms with Gasteiger partial charge in [-0.25, -0.2) is 4.79 Å². The first-order valence-electron chi connectivity index (χ1n) is 14.0. The molecule has 3 aliphatic heterocycles. The largest absolute Gasteiger partial charge is 0.416 e. The van der Waals surface area contributed by atoms with Crippen LogP contribution in [0.25, 0.3) is 0 Å². The van der Waals surface area contributed by atoms with Gasteiger partial charge in [-0.1, -0.05) is 18.2 Å². The van der Waals surface area contributed by atoms with Crippen LogP contribution in [0.15, 0.2) is 30.5 Å². The lowest BCUT2D eigenvalue weighted by Crippen LogP contribution is -2.46. The van der Waals surface area contributed by atoms with Gasteiger partial charge in [0.25, 0.3) is 5.91 Å². The second kappa shape index (κ2) is 10.1. The van der Waals surface area contributed by atoms with E-state index in [9.17, 15) is 27.9 Å². The Labute approximate surface area is 225 Å². The quantitative estimate of drug-likeness (QED) is 0.624. The van der Waals surface area contributed by atoms with Gasteiger partial charge in [-0.2, -0.15) is 18.3 Å². The topological polar surface area (TPSA) is 81.9 Å². The number of amides is 3. The molecule has 1 aromatic heterocycles. The van der Waals surface area contributed by atoms with Crippen molar-refractivity contribution in [2.45, 2.75) is 68.7 Å². The Morgan fingerprint density at radius 3 is 2.21 bits per heavy atom. The van der Waals surface area contributed by atoms with Crippen molar-refractivity contribution < 1.29 is 27.9 Å². The molecule has 39 heavy (non-hydrogen) atoms. The molecule has 1 aromatic carbocycles. The van der Waals surface area contributed by atoms with Gasteiger partial charge in [0.05, 0.1) is 35.2 Å². The molecule has 4 aliphatic rings. The summed E-state index contributed by atoms with van der Waals surface area (Å²) in [6, 6.07) is 5.72. The van der Waals surface area contributed by atoms with Crippen LogP contribution in [0.5, 0.6) is 0 Å². The highest BCUT2D eigenvalue weighted by atomic mass is 19.4. The summed E-state index contributed by atoms with van der Waals surface area (Å²) < 4.78 is 42.7. The van der Waals surface area contributed by atoms with Gasteiger partial charge in [0.2, 0.25) is 0 Å². The van der Waals surface area contributed by atoms with Gasteiger partial charge in [-0.05, 0) is 50.2 Å². The monoisotopic (exact) mass is 545 g/mol. The maximum atomic E-state index is 13.6. The second-order valence-electron chi connectivity index (χ2n) is 11.4. The average Bonchev–Trinajstić information content (AvgIpc) is 3.30. The second-order valence-corrected chi connectivity index (χ2v) is 11.4. The predicted octanol–water partition coefficient (Wildman–Crippen LogP) is 4.23. The van der Waals surface area contributed by atoms with Crippen molar-refractivity contribution in [3.63, 3.8) is 0 Å². The number of likely N-dealkylation sites (tertiary alicyclic amines) is 3. The number of nitrogens with zero attached hydrogens (tertiary/aromatic N) is 5. The van der Waals surface area contributed by atoms with Gasteiger partial charge in [0.1, 0.15) is 0 Å². The third-order valence-electron chi connectivity index (χ3n) is 8.72. The molecule has 4 fully saturated rings. The summed E-state index contributed by atoms with van der Waals surface area (Å²) in [4.78, 5) is 31.7. The van der Waals surface area contributed by atoms with E-state index in [0.717, 1.165) is 37.4 Å². The number of aliphatic hydroxyl groups is 1. The number of aromatic nitrogens is 2. The maximum Gasteiger partial charge on any atom is 0.416 e. The van der Waals surface area contributed by atoms with Crippen molar-refractivity contribution in [1.82, 2.24) is 24.5 Å². The minimum Gasteiger partial charge on any atom is -0.391 e. The van der Waals surface area contributed by atoms with Crippen molar-refractivity contribution in [1.29, 1.82) is 0 Å². The molecule has 11 heteroatoms. The number of aliphatic hydroxyl groups excluding tert-OH is 1. The number of urea groups is 1. The van der Waals surface area contributed by atoms with Gasteiger partial charge in [0.15, 0.2) is 0 Å². The van der Waals surface area contributed by atoms with Crippen molar-refractivity contribution in [3.05, 3.63) is 52.8 Å². The van der Waals surface area contributed by atoms with E-state index in [1.807, 2.05) is 9.58 Å². The fourth-order valence-corrected chi connectivity index (χ4v) is 6.49. The first-order chi connectivity index (χ1) is 18.7. The van der Waals surface area contributed by atoms with Gasteiger partial charge in [0, 0.05) is 51.1 Å². The fraction of sp³-hybridized carbons (Fsp3) is 0.607. The molecule has 8 nitrogen and oxygen atoms in total. The lowest BCUT2D eigenvalue weighted by molar-refractivity contribution is -0.138. The molecule has 210 valence electrons. The molecule has 1 aliphatic carbocycles. The number of hydrogen-bond donors (Lipinski definition) is 1. The Hall–Kier alpha value is -3.08. The zero-order chi connectivity index (χ0) is 27.3. The van der Waals surface area contributed by atoms with Crippen LogP contribution in [0, 0.1) is 0 Å². The Kier molecular flexibility index (Phi) is 6.81. The number of alkyl halides is 3. The molecule has 6 rings (SSSR count). The van der Waals surface area contributed by atoms with Crippen LogP contribution < -0.4 is 0 Å².